The molecule has 0 aliphatic rings. The average molecular weight is 335 g/mol. The normalized spacial score (nSPS) is 11.9. The summed E-state index contributed by atoms with van der Waals surface area (Å²) < 4.78 is 5.44. The lowest BCUT2D eigenvalue weighted by molar-refractivity contribution is 0.282. The van der Waals surface area contributed by atoms with Crippen LogP contribution in [-0.4, -0.2) is 57.2 Å². The van der Waals surface area contributed by atoms with Crippen molar-refractivity contribution in [2.75, 3.05) is 40.3 Å². The van der Waals surface area contributed by atoms with Crippen molar-refractivity contribution in [3.8, 4) is 5.75 Å². The molecule has 0 unspecified atom stereocenters. The van der Waals surface area contributed by atoms with Crippen molar-refractivity contribution in [1.82, 2.24) is 15.5 Å². The molecule has 0 heterocycles. The maximum Gasteiger partial charge on any atom is 0.191 e. The highest BCUT2D eigenvalue weighted by Gasteiger charge is 2.05. The summed E-state index contributed by atoms with van der Waals surface area (Å²) in [4.78, 5) is 6.94. The minimum atomic E-state index is 0.546. The summed E-state index contributed by atoms with van der Waals surface area (Å²) >= 11 is 0. The van der Waals surface area contributed by atoms with Crippen molar-refractivity contribution in [3.63, 3.8) is 0 Å². The van der Waals surface area contributed by atoms with Crippen LogP contribution in [0.3, 0.4) is 0 Å². The number of likely N-dealkylation sites (N-methyl/N-ethyl adjacent to an activating group) is 1. The van der Waals surface area contributed by atoms with E-state index in [1.54, 1.807) is 7.11 Å². The first kappa shape index (κ1) is 20.3. The van der Waals surface area contributed by atoms with E-state index in [2.05, 4.69) is 67.4 Å². The highest BCUT2D eigenvalue weighted by atomic mass is 16.5. The van der Waals surface area contributed by atoms with E-state index in [0.717, 1.165) is 44.3 Å². The molecule has 0 fully saturated rings. The first-order valence-corrected chi connectivity index (χ1v) is 8.83. The molecule has 24 heavy (non-hydrogen) atoms. The number of hydrogen-bond donors (Lipinski definition) is 2. The lowest BCUT2D eigenvalue weighted by Gasteiger charge is -2.20. The SMILES string of the molecule is CCNC(=NCCN(C)C(C)C)NCCc1cc(C)ccc1OC. The van der Waals surface area contributed by atoms with Crippen LogP contribution in [-0.2, 0) is 6.42 Å². The van der Waals surface area contributed by atoms with Crippen molar-refractivity contribution in [2.24, 2.45) is 4.99 Å². The quantitative estimate of drug-likeness (QED) is 0.538. The van der Waals surface area contributed by atoms with E-state index in [0.29, 0.717) is 6.04 Å². The average Bonchev–Trinajstić information content (AvgIpc) is 2.54. The first-order chi connectivity index (χ1) is 11.5. The minimum Gasteiger partial charge on any atom is -0.496 e. The monoisotopic (exact) mass is 334 g/mol. The van der Waals surface area contributed by atoms with Gasteiger partial charge in [0.2, 0.25) is 0 Å². The Morgan fingerprint density at radius 2 is 2.04 bits per heavy atom. The highest BCUT2D eigenvalue weighted by molar-refractivity contribution is 5.79. The summed E-state index contributed by atoms with van der Waals surface area (Å²) in [5.74, 6) is 1.82. The van der Waals surface area contributed by atoms with Gasteiger partial charge in [-0.05, 0) is 52.8 Å². The minimum absolute atomic E-state index is 0.546. The highest BCUT2D eigenvalue weighted by Crippen LogP contribution is 2.19. The van der Waals surface area contributed by atoms with Gasteiger partial charge in [0.05, 0.1) is 13.7 Å². The molecule has 0 aliphatic carbocycles. The van der Waals surface area contributed by atoms with E-state index in [4.69, 9.17) is 4.74 Å². The molecule has 1 aromatic rings. The molecule has 0 atom stereocenters. The van der Waals surface area contributed by atoms with Crippen LogP contribution in [0.4, 0.5) is 0 Å². The third-order valence-electron chi connectivity index (χ3n) is 4.07. The summed E-state index contributed by atoms with van der Waals surface area (Å²) in [6, 6.07) is 6.84. The van der Waals surface area contributed by atoms with Crippen LogP contribution in [0.1, 0.15) is 31.9 Å². The lowest BCUT2D eigenvalue weighted by Crippen LogP contribution is -2.39. The zero-order chi connectivity index (χ0) is 17.9. The Balaban J connectivity index is 2.53. The van der Waals surface area contributed by atoms with Crippen LogP contribution < -0.4 is 15.4 Å². The Kier molecular flexibility index (Phi) is 9.23. The Morgan fingerprint density at radius 3 is 2.67 bits per heavy atom. The summed E-state index contributed by atoms with van der Waals surface area (Å²) in [7, 11) is 3.85. The summed E-state index contributed by atoms with van der Waals surface area (Å²) in [6.45, 7) is 12.0. The van der Waals surface area contributed by atoms with Gasteiger partial charge in [-0.25, -0.2) is 0 Å². The number of guanidine groups is 1. The molecule has 0 saturated carbocycles. The van der Waals surface area contributed by atoms with Crippen LogP contribution in [0.5, 0.6) is 5.75 Å². The summed E-state index contributed by atoms with van der Waals surface area (Å²) in [5, 5.41) is 6.71. The first-order valence-electron chi connectivity index (χ1n) is 8.83. The van der Waals surface area contributed by atoms with Gasteiger partial charge >= 0.3 is 0 Å². The predicted molar refractivity (Wildman–Crippen MR) is 103 cm³/mol. The largest absolute Gasteiger partial charge is 0.496 e. The number of benzene rings is 1. The van der Waals surface area contributed by atoms with Crippen molar-refractivity contribution in [2.45, 2.75) is 40.2 Å². The molecule has 1 aromatic carbocycles. The van der Waals surface area contributed by atoms with Crippen LogP contribution in [0.15, 0.2) is 23.2 Å². The number of aryl methyl sites for hydroxylation is 1. The van der Waals surface area contributed by atoms with Crippen molar-refractivity contribution in [3.05, 3.63) is 29.3 Å². The maximum absolute atomic E-state index is 5.44. The molecule has 0 aliphatic heterocycles. The van der Waals surface area contributed by atoms with Crippen LogP contribution in [0, 0.1) is 6.92 Å². The van der Waals surface area contributed by atoms with Gasteiger partial charge in [0, 0.05) is 25.7 Å². The Labute approximate surface area is 147 Å². The molecule has 2 N–H and O–H groups in total. The summed E-state index contributed by atoms with van der Waals surface area (Å²) in [6.07, 6.45) is 0.904. The molecule has 136 valence electrons. The van der Waals surface area contributed by atoms with Crippen LogP contribution in [0.2, 0.25) is 0 Å². The standard InChI is InChI=1S/C19H34N4O/c1-7-20-19(22-12-13-23(5)15(2)3)21-11-10-17-14-16(4)8-9-18(17)24-6/h8-9,14-15H,7,10-13H2,1-6H3,(H2,20,21,22). The van der Waals surface area contributed by atoms with Gasteiger partial charge in [-0.15, -0.1) is 0 Å². The fourth-order valence-corrected chi connectivity index (χ4v) is 2.34. The molecule has 5 heteroatoms. The number of ether oxygens (including phenoxy) is 1. The van der Waals surface area contributed by atoms with Gasteiger partial charge < -0.3 is 20.3 Å². The molecule has 0 amide bonds. The van der Waals surface area contributed by atoms with E-state index in [-0.39, 0.29) is 0 Å². The van der Waals surface area contributed by atoms with E-state index in [1.165, 1.54) is 11.1 Å². The van der Waals surface area contributed by atoms with Gasteiger partial charge in [-0.1, -0.05) is 17.7 Å². The van der Waals surface area contributed by atoms with E-state index in [9.17, 15) is 0 Å². The smallest absolute Gasteiger partial charge is 0.191 e. The lowest BCUT2D eigenvalue weighted by atomic mass is 10.1. The third-order valence-corrected chi connectivity index (χ3v) is 4.07. The number of aliphatic imine (C=N–C) groups is 1. The zero-order valence-corrected chi connectivity index (χ0v) is 16.1. The Hall–Kier alpha value is -1.75. The maximum atomic E-state index is 5.44. The van der Waals surface area contributed by atoms with Gasteiger partial charge in [0.1, 0.15) is 5.75 Å². The van der Waals surface area contributed by atoms with Gasteiger partial charge in [-0.3, -0.25) is 4.99 Å². The third kappa shape index (κ3) is 7.21. The fourth-order valence-electron chi connectivity index (χ4n) is 2.34. The number of hydrogen-bond acceptors (Lipinski definition) is 3. The molecule has 5 nitrogen and oxygen atoms in total. The van der Waals surface area contributed by atoms with Crippen molar-refractivity contribution >= 4 is 5.96 Å². The molecule has 0 bridgehead atoms. The van der Waals surface area contributed by atoms with Crippen LogP contribution >= 0.6 is 0 Å². The van der Waals surface area contributed by atoms with E-state index >= 15 is 0 Å². The summed E-state index contributed by atoms with van der Waals surface area (Å²) in [5.41, 5.74) is 2.48. The van der Waals surface area contributed by atoms with Gasteiger partial charge in [0.15, 0.2) is 5.96 Å². The van der Waals surface area contributed by atoms with Crippen molar-refractivity contribution in [1.29, 1.82) is 0 Å². The zero-order valence-electron chi connectivity index (χ0n) is 16.1. The second kappa shape index (κ2) is 10.9. The molecule has 0 saturated heterocycles. The molecule has 0 aromatic heterocycles. The molecule has 1 rings (SSSR count). The second-order valence-electron chi connectivity index (χ2n) is 6.33. The van der Waals surface area contributed by atoms with E-state index in [1.807, 2.05) is 6.07 Å². The second-order valence-corrected chi connectivity index (χ2v) is 6.33. The van der Waals surface area contributed by atoms with Gasteiger partial charge in [-0.2, -0.15) is 0 Å². The fraction of sp³-hybridized carbons (Fsp3) is 0.632. The number of nitrogens with zero attached hydrogens (tertiary/aromatic N) is 2. The van der Waals surface area contributed by atoms with Gasteiger partial charge in [0.25, 0.3) is 0 Å². The van der Waals surface area contributed by atoms with Crippen LogP contribution in [0.25, 0.3) is 0 Å². The Morgan fingerprint density at radius 1 is 1.29 bits per heavy atom. The molecular weight excluding hydrogens is 300 g/mol. The molecule has 0 spiro atoms. The topological polar surface area (TPSA) is 48.9 Å². The molecule has 0 radical (unpaired) electrons. The van der Waals surface area contributed by atoms with E-state index < -0.39 is 0 Å². The predicted octanol–water partition coefficient (Wildman–Crippen LogP) is 2.44. The van der Waals surface area contributed by atoms with Crippen molar-refractivity contribution < 1.29 is 4.74 Å². The molecular formula is C19H34N4O. The number of nitrogens with one attached hydrogen (secondary N) is 2. The number of methoxy groups -OCH3 is 1. The Bertz CT molecular complexity index is 514. The number of rotatable bonds is 9.